The van der Waals surface area contributed by atoms with E-state index in [4.69, 9.17) is 4.74 Å². The lowest BCUT2D eigenvalue weighted by molar-refractivity contribution is -0.384. The zero-order valence-electron chi connectivity index (χ0n) is 10.6. The maximum absolute atomic E-state index is 13.6. The Hall–Kier alpha value is -1.00. The predicted octanol–water partition coefficient (Wildman–Crippen LogP) is 2.29. The van der Waals surface area contributed by atoms with Crippen LogP contribution in [0.2, 0.25) is 0 Å². The first-order chi connectivity index (χ1) is 9.47. The smallest absolute Gasteiger partial charge is 0.293 e. The summed E-state index contributed by atoms with van der Waals surface area (Å²) in [7, 11) is 0. The van der Waals surface area contributed by atoms with Gasteiger partial charge in [0.15, 0.2) is 0 Å². The molecule has 1 aliphatic rings. The van der Waals surface area contributed by atoms with Gasteiger partial charge in [-0.3, -0.25) is 10.1 Å². The summed E-state index contributed by atoms with van der Waals surface area (Å²) in [6.07, 6.45) is 1.02. The van der Waals surface area contributed by atoms with Gasteiger partial charge in [0, 0.05) is 25.3 Å². The van der Waals surface area contributed by atoms with Gasteiger partial charge < -0.3 is 15.2 Å². The fourth-order valence-corrected chi connectivity index (χ4v) is 2.61. The van der Waals surface area contributed by atoms with Crippen LogP contribution in [0.25, 0.3) is 0 Å². The number of anilines is 1. The molecule has 1 aliphatic heterocycles. The number of rotatable bonds is 4. The summed E-state index contributed by atoms with van der Waals surface area (Å²) in [6, 6.07) is 2.29. The number of aliphatic hydroxyl groups excluding tert-OH is 1. The standard InChI is InChI=1S/C12H14FIN2O4/c13-8-5-10(11(16(18)19)6-9(8)14)15-12(7-17)1-3-20-4-2-12/h5-6,15,17H,1-4,7H2. The van der Waals surface area contributed by atoms with Crippen LogP contribution in [0.4, 0.5) is 15.8 Å². The van der Waals surface area contributed by atoms with E-state index in [1.165, 1.54) is 6.07 Å². The van der Waals surface area contributed by atoms with Crippen LogP contribution < -0.4 is 5.32 Å². The van der Waals surface area contributed by atoms with Crippen molar-refractivity contribution in [3.8, 4) is 0 Å². The molecule has 0 amide bonds. The summed E-state index contributed by atoms with van der Waals surface area (Å²) in [4.78, 5) is 10.5. The van der Waals surface area contributed by atoms with Gasteiger partial charge in [0.05, 0.1) is 20.6 Å². The van der Waals surface area contributed by atoms with E-state index in [2.05, 4.69) is 5.32 Å². The van der Waals surface area contributed by atoms with Crippen LogP contribution in [-0.2, 0) is 4.74 Å². The minimum absolute atomic E-state index is 0.0869. The van der Waals surface area contributed by atoms with Gasteiger partial charge in [-0.25, -0.2) is 4.39 Å². The number of hydrogen-bond acceptors (Lipinski definition) is 5. The summed E-state index contributed by atoms with van der Waals surface area (Å²) in [6.45, 7) is 0.712. The number of nitrogens with zero attached hydrogens (tertiary/aromatic N) is 1. The summed E-state index contributed by atoms with van der Waals surface area (Å²) < 4.78 is 19.1. The topological polar surface area (TPSA) is 84.6 Å². The fourth-order valence-electron chi connectivity index (χ4n) is 2.16. The molecule has 6 nitrogen and oxygen atoms in total. The second-order valence-corrected chi connectivity index (χ2v) is 5.88. The van der Waals surface area contributed by atoms with Gasteiger partial charge in [0.25, 0.3) is 5.69 Å². The molecule has 110 valence electrons. The Bertz CT molecular complexity index is 520. The van der Waals surface area contributed by atoms with E-state index in [9.17, 15) is 19.6 Å². The number of nitro groups is 1. The van der Waals surface area contributed by atoms with Crippen molar-refractivity contribution in [2.75, 3.05) is 25.1 Å². The number of ether oxygens (including phenoxy) is 1. The molecule has 0 bridgehead atoms. The Balaban J connectivity index is 2.36. The van der Waals surface area contributed by atoms with E-state index >= 15 is 0 Å². The third-order valence-electron chi connectivity index (χ3n) is 3.39. The molecule has 0 unspecified atom stereocenters. The van der Waals surface area contributed by atoms with E-state index in [-0.39, 0.29) is 21.6 Å². The molecule has 1 aromatic rings. The third kappa shape index (κ3) is 3.18. The van der Waals surface area contributed by atoms with Crippen LogP contribution in [-0.4, -0.2) is 35.4 Å². The van der Waals surface area contributed by atoms with Crippen LogP contribution in [0.15, 0.2) is 12.1 Å². The van der Waals surface area contributed by atoms with Crippen molar-refractivity contribution in [2.45, 2.75) is 18.4 Å². The highest BCUT2D eigenvalue weighted by atomic mass is 127. The average molecular weight is 396 g/mol. The highest BCUT2D eigenvalue weighted by molar-refractivity contribution is 14.1. The number of aliphatic hydroxyl groups is 1. The maximum Gasteiger partial charge on any atom is 0.293 e. The van der Waals surface area contributed by atoms with Gasteiger partial charge >= 0.3 is 0 Å². The number of nitro benzene ring substituents is 1. The zero-order valence-corrected chi connectivity index (χ0v) is 12.7. The molecule has 0 saturated carbocycles. The van der Waals surface area contributed by atoms with Crippen LogP contribution in [0.3, 0.4) is 0 Å². The molecule has 1 heterocycles. The first-order valence-electron chi connectivity index (χ1n) is 6.08. The maximum atomic E-state index is 13.6. The van der Waals surface area contributed by atoms with Gasteiger partial charge in [-0.2, -0.15) is 0 Å². The summed E-state index contributed by atoms with van der Waals surface area (Å²) in [5, 5.41) is 23.6. The molecular weight excluding hydrogens is 382 g/mol. The molecule has 1 fully saturated rings. The molecular formula is C12H14FIN2O4. The van der Waals surface area contributed by atoms with E-state index < -0.39 is 16.3 Å². The second-order valence-electron chi connectivity index (χ2n) is 4.72. The fraction of sp³-hybridized carbons (Fsp3) is 0.500. The van der Waals surface area contributed by atoms with E-state index in [0.29, 0.717) is 26.1 Å². The summed E-state index contributed by atoms with van der Waals surface area (Å²) in [5.41, 5.74) is -0.818. The van der Waals surface area contributed by atoms with Crippen LogP contribution in [0.5, 0.6) is 0 Å². The van der Waals surface area contributed by atoms with E-state index in [0.717, 1.165) is 6.07 Å². The zero-order chi connectivity index (χ0) is 14.8. The molecule has 0 aliphatic carbocycles. The van der Waals surface area contributed by atoms with Gasteiger partial charge in [0.1, 0.15) is 11.5 Å². The Morgan fingerprint density at radius 2 is 2.15 bits per heavy atom. The lowest BCUT2D eigenvalue weighted by Crippen LogP contribution is -2.47. The molecule has 8 heteroatoms. The van der Waals surface area contributed by atoms with Gasteiger partial charge in [-0.05, 0) is 35.4 Å². The van der Waals surface area contributed by atoms with Crippen molar-refractivity contribution in [3.05, 3.63) is 31.6 Å². The van der Waals surface area contributed by atoms with Crippen LogP contribution in [0.1, 0.15) is 12.8 Å². The number of nitrogens with one attached hydrogen (secondary N) is 1. The van der Waals surface area contributed by atoms with Gasteiger partial charge in [-0.1, -0.05) is 0 Å². The Labute approximate surface area is 128 Å². The normalized spacial score (nSPS) is 17.8. The van der Waals surface area contributed by atoms with Crippen molar-refractivity contribution in [3.63, 3.8) is 0 Å². The van der Waals surface area contributed by atoms with Crippen LogP contribution >= 0.6 is 22.6 Å². The number of hydrogen-bond donors (Lipinski definition) is 2. The van der Waals surface area contributed by atoms with Crippen molar-refractivity contribution in [1.82, 2.24) is 0 Å². The molecule has 1 aromatic carbocycles. The van der Waals surface area contributed by atoms with Crippen molar-refractivity contribution < 1.29 is 19.2 Å². The molecule has 0 aromatic heterocycles. The average Bonchev–Trinajstić information content (AvgIpc) is 2.43. The minimum atomic E-state index is -0.706. The lowest BCUT2D eigenvalue weighted by Gasteiger charge is -2.37. The third-order valence-corrected chi connectivity index (χ3v) is 4.21. The molecule has 0 atom stereocenters. The number of benzene rings is 1. The van der Waals surface area contributed by atoms with Gasteiger partial charge in [0.2, 0.25) is 0 Å². The Morgan fingerprint density at radius 1 is 1.50 bits per heavy atom. The lowest BCUT2D eigenvalue weighted by atomic mass is 9.90. The molecule has 2 rings (SSSR count). The van der Waals surface area contributed by atoms with Crippen molar-refractivity contribution >= 4 is 34.0 Å². The van der Waals surface area contributed by atoms with Crippen molar-refractivity contribution in [2.24, 2.45) is 0 Å². The quantitative estimate of drug-likeness (QED) is 0.464. The van der Waals surface area contributed by atoms with Crippen LogP contribution in [0, 0.1) is 19.5 Å². The SMILES string of the molecule is O=[N+]([O-])c1cc(I)c(F)cc1NC1(CO)CCOCC1. The number of halogens is 2. The minimum Gasteiger partial charge on any atom is -0.394 e. The molecule has 0 spiro atoms. The molecule has 1 saturated heterocycles. The highest BCUT2D eigenvalue weighted by Gasteiger charge is 2.34. The van der Waals surface area contributed by atoms with Gasteiger partial charge in [-0.15, -0.1) is 0 Å². The summed E-state index contributed by atoms with van der Waals surface area (Å²) in [5.74, 6) is -0.529. The first-order valence-corrected chi connectivity index (χ1v) is 7.15. The Morgan fingerprint density at radius 3 is 2.70 bits per heavy atom. The largest absolute Gasteiger partial charge is 0.394 e. The molecule has 2 N–H and O–H groups in total. The molecule has 20 heavy (non-hydrogen) atoms. The molecule has 0 radical (unpaired) electrons. The highest BCUT2D eigenvalue weighted by Crippen LogP contribution is 2.33. The predicted molar refractivity (Wildman–Crippen MR) is 79.3 cm³/mol. The monoisotopic (exact) mass is 396 g/mol. The Kier molecular flexibility index (Phi) is 4.76. The van der Waals surface area contributed by atoms with Crippen molar-refractivity contribution in [1.29, 1.82) is 0 Å². The summed E-state index contributed by atoms with van der Waals surface area (Å²) >= 11 is 1.71. The van der Waals surface area contributed by atoms with E-state index in [1.54, 1.807) is 22.6 Å². The second kappa shape index (κ2) is 6.19. The van der Waals surface area contributed by atoms with E-state index in [1.807, 2.05) is 0 Å². The first kappa shape index (κ1) is 15.4.